The second-order valence-corrected chi connectivity index (χ2v) is 8.45. The van der Waals surface area contributed by atoms with Crippen LogP contribution < -0.4 is 0 Å². The summed E-state index contributed by atoms with van der Waals surface area (Å²) in [5.41, 5.74) is 2.54. The van der Waals surface area contributed by atoms with Crippen molar-refractivity contribution in [1.82, 2.24) is 19.3 Å². The molecule has 2 aliphatic heterocycles. The third kappa shape index (κ3) is 4.26. The lowest BCUT2D eigenvalue weighted by atomic mass is 10.0. The van der Waals surface area contributed by atoms with Crippen molar-refractivity contribution in [2.24, 2.45) is 0 Å². The maximum atomic E-state index is 12.7. The first-order valence-electron chi connectivity index (χ1n) is 10.9. The van der Waals surface area contributed by atoms with Crippen molar-refractivity contribution in [2.45, 2.75) is 45.2 Å². The van der Waals surface area contributed by atoms with Gasteiger partial charge in [-0.05, 0) is 75.5 Å². The summed E-state index contributed by atoms with van der Waals surface area (Å²) in [6, 6.07) is 9.51. The number of piperidine rings is 1. The molecule has 1 aromatic heterocycles. The van der Waals surface area contributed by atoms with Gasteiger partial charge < -0.3 is 14.4 Å². The number of fused-ring (bicyclic) bond motifs is 1. The number of likely N-dealkylation sites (tertiary alicyclic amines) is 1. The summed E-state index contributed by atoms with van der Waals surface area (Å²) in [6.45, 7) is 9.43. The molecule has 0 unspecified atom stereocenters. The summed E-state index contributed by atoms with van der Waals surface area (Å²) in [5.74, 6) is 0.314. The van der Waals surface area contributed by atoms with Crippen LogP contribution in [0.2, 0.25) is 0 Å². The van der Waals surface area contributed by atoms with Crippen LogP contribution in [-0.4, -0.2) is 77.5 Å². The van der Waals surface area contributed by atoms with Gasteiger partial charge in [0.05, 0.1) is 0 Å². The van der Waals surface area contributed by atoms with Gasteiger partial charge in [-0.3, -0.25) is 9.69 Å². The Morgan fingerprint density at radius 2 is 1.79 bits per heavy atom. The first-order chi connectivity index (χ1) is 13.6. The molecule has 0 saturated carbocycles. The topological polar surface area (TPSA) is 31.7 Å². The SMILES string of the molecule is CCn1ccc2cc(CCC(=O)N3CCN(C4CCN(C)CC4)CC3)ccc21. The Bertz CT molecular complexity index is 798. The van der Waals surface area contributed by atoms with E-state index >= 15 is 0 Å². The molecular formula is C23H34N4O. The minimum atomic E-state index is 0.314. The summed E-state index contributed by atoms with van der Waals surface area (Å²) < 4.78 is 2.26. The molecule has 2 aromatic rings. The second-order valence-electron chi connectivity index (χ2n) is 8.45. The molecule has 0 atom stereocenters. The van der Waals surface area contributed by atoms with Crippen LogP contribution in [0, 0.1) is 0 Å². The van der Waals surface area contributed by atoms with Crippen LogP contribution >= 0.6 is 0 Å². The number of hydrogen-bond acceptors (Lipinski definition) is 3. The van der Waals surface area contributed by atoms with Gasteiger partial charge in [0.15, 0.2) is 0 Å². The van der Waals surface area contributed by atoms with E-state index < -0.39 is 0 Å². The average molecular weight is 383 g/mol. The van der Waals surface area contributed by atoms with Gasteiger partial charge >= 0.3 is 0 Å². The number of benzene rings is 1. The second kappa shape index (κ2) is 8.66. The molecular weight excluding hydrogens is 348 g/mol. The minimum Gasteiger partial charge on any atom is -0.348 e. The van der Waals surface area contributed by atoms with Crippen LogP contribution in [0.25, 0.3) is 10.9 Å². The van der Waals surface area contributed by atoms with Crippen LogP contribution in [0.3, 0.4) is 0 Å². The lowest BCUT2D eigenvalue weighted by molar-refractivity contribution is -0.133. The molecule has 1 amide bonds. The smallest absolute Gasteiger partial charge is 0.222 e. The number of aryl methyl sites for hydroxylation is 2. The lowest BCUT2D eigenvalue weighted by Gasteiger charge is -2.42. The fourth-order valence-corrected chi connectivity index (χ4v) is 4.79. The van der Waals surface area contributed by atoms with Gasteiger partial charge in [-0.15, -0.1) is 0 Å². The number of carbonyl (C=O) groups excluding carboxylic acids is 1. The predicted molar refractivity (Wildman–Crippen MR) is 115 cm³/mol. The van der Waals surface area contributed by atoms with Crippen molar-refractivity contribution in [3.05, 3.63) is 36.0 Å². The van der Waals surface area contributed by atoms with Crippen LogP contribution in [0.5, 0.6) is 0 Å². The molecule has 2 aliphatic rings. The van der Waals surface area contributed by atoms with Gasteiger partial charge in [0.2, 0.25) is 5.91 Å². The highest BCUT2D eigenvalue weighted by molar-refractivity contribution is 5.81. The first kappa shape index (κ1) is 19.5. The Kier molecular flexibility index (Phi) is 6.02. The minimum absolute atomic E-state index is 0.314. The van der Waals surface area contributed by atoms with Crippen LogP contribution in [-0.2, 0) is 17.8 Å². The number of piperazine rings is 1. The van der Waals surface area contributed by atoms with Crippen LogP contribution in [0.4, 0.5) is 0 Å². The molecule has 5 heteroatoms. The summed E-state index contributed by atoms with van der Waals surface area (Å²) in [6.07, 6.45) is 6.14. The monoisotopic (exact) mass is 382 g/mol. The molecule has 2 saturated heterocycles. The molecule has 0 radical (unpaired) electrons. The standard InChI is InChI=1S/C23H34N4O/c1-3-25-13-8-20-18-19(4-6-22(20)25)5-7-23(28)27-16-14-26(15-17-27)21-9-11-24(2)12-10-21/h4,6,8,13,18,21H,3,5,7,9-12,14-17H2,1-2H3. The zero-order valence-electron chi connectivity index (χ0n) is 17.4. The highest BCUT2D eigenvalue weighted by Crippen LogP contribution is 2.20. The van der Waals surface area contributed by atoms with Gasteiger partial charge in [-0.25, -0.2) is 0 Å². The number of aromatic nitrogens is 1. The summed E-state index contributed by atoms with van der Waals surface area (Å²) in [4.78, 5) is 19.8. The van der Waals surface area contributed by atoms with Crippen molar-refractivity contribution < 1.29 is 4.79 Å². The first-order valence-corrected chi connectivity index (χ1v) is 10.9. The molecule has 0 bridgehead atoms. The average Bonchev–Trinajstić information content (AvgIpc) is 3.15. The number of carbonyl (C=O) groups is 1. The molecule has 1 aromatic carbocycles. The van der Waals surface area contributed by atoms with E-state index in [-0.39, 0.29) is 0 Å². The van der Waals surface area contributed by atoms with Crippen molar-refractivity contribution in [2.75, 3.05) is 46.3 Å². The van der Waals surface area contributed by atoms with E-state index in [0.717, 1.165) is 45.2 Å². The van der Waals surface area contributed by atoms with E-state index in [1.54, 1.807) is 0 Å². The Hall–Kier alpha value is -1.85. The van der Waals surface area contributed by atoms with E-state index in [4.69, 9.17) is 0 Å². The zero-order valence-corrected chi connectivity index (χ0v) is 17.4. The molecule has 4 rings (SSSR count). The van der Waals surface area contributed by atoms with Gasteiger partial charge in [0.1, 0.15) is 0 Å². The van der Waals surface area contributed by atoms with Crippen molar-refractivity contribution in [1.29, 1.82) is 0 Å². The maximum Gasteiger partial charge on any atom is 0.222 e. The third-order valence-corrected chi connectivity index (χ3v) is 6.68. The highest BCUT2D eigenvalue weighted by atomic mass is 16.2. The highest BCUT2D eigenvalue weighted by Gasteiger charge is 2.27. The summed E-state index contributed by atoms with van der Waals surface area (Å²) >= 11 is 0. The van der Waals surface area contributed by atoms with Crippen molar-refractivity contribution in [3.8, 4) is 0 Å². The van der Waals surface area contributed by atoms with E-state index in [2.05, 4.69) is 63.7 Å². The van der Waals surface area contributed by atoms with Gasteiger partial charge in [-0.2, -0.15) is 0 Å². The molecule has 0 aliphatic carbocycles. The van der Waals surface area contributed by atoms with E-state index in [9.17, 15) is 4.79 Å². The van der Waals surface area contributed by atoms with E-state index in [1.807, 2.05) is 0 Å². The molecule has 0 N–H and O–H groups in total. The Labute approximate surface area is 168 Å². The Morgan fingerprint density at radius 3 is 2.50 bits per heavy atom. The molecule has 2 fully saturated rings. The largest absolute Gasteiger partial charge is 0.348 e. The maximum absolute atomic E-state index is 12.7. The van der Waals surface area contributed by atoms with Crippen molar-refractivity contribution in [3.63, 3.8) is 0 Å². The van der Waals surface area contributed by atoms with Crippen molar-refractivity contribution >= 4 is 16.8 Å². The third-order valence-electron chi connectivity index (χ3n) is 6.68. The fourth-order valence-electron chi connectivity index (χ4n) is 4.79. The molecule has 28 heavy (non-hydrogen) atoms. The predicted octanol–water partition coefficient (Wildman–Crippen LogP) is 2.83. The normalized spacial score (nSPS) is 20.1. The van der Waals surface area contributed by atoms with Crippen LogP contribution in [0.15, 0.2) is 30.5 Å². The van der Waals surface area contributed by atoms with E-state index in [1.165, 1.54) is 42.4 Å². The number of amides is 1. The number of hydrogen-bond donors (Lipinski definition) is 0. The van der Waals surface area contributed by atoms with Gasteiger partial charge in [0, 0.05) is 56.9 Å². The lowest BCUT2D eigenvalue weighted by Crippen LogP contribution is -2.54. The molecule has 0 spiro atoms. The van der Waals surface area contributed by atoms with E-state index in [0.29, 0.717) is 12.3 Å². The zero-order chi connectivity index (χ0) is 19.5. The summed E-state index contributed by atoms with van der Waals surface area (Å²) in [5, 5.41) is 1.28. The summed E-state index contributed by atoms with van der Waals surface area (Å²) in [7, 11) is 2.21. The quantitative estimate of drug-likeness (QED) is 0.797. The number of rotatable bonds is 5. The van der Waals surface area contributed by atoms with Gasteiger partial charge in [0.25, 0.3) is 0 Å². The van der Waals surface area contributed by atoms with Gasteiger partial charge in [-0.1, -0.05) is 6.07 Å². The fraction of sp³-hybridized carbons (Fsp3) is 0.609. The Morgan fingerprint density at radius 1 is 1.04 bits per heavy atom. The van der Waals surface area contributed by atoms with Crippen LogP contribution in [0.1, 0.15) is 31.7 Å². The molecule has 152 valence electrons. The molecule has 3 heterocycles. The molecule has 5 nitrogen and oxygen atoms in total. The number of nitrogens with zero attached hydrogens (tertiary/aromatic N) is 4. The Balaban J connectivity index is 1.25.